The number of amides is 3. The fourth-order valence-electron chi connectivity index (χ4n) is 9.23. The Kier molecular flexibility index (Phi) is 20.1. The van der Waals surface area contributed by atoms with Gasteiger partial charge in [0.2, 0.25) is 45.7 Å². The number of nitrogens with two attached hydrogens (primary N) is 1. The second-order valence-electron chi connectivity index (χ2n) is 19.9. The summed E-state index contributed by atoms with van der Waals surface area (Å²) in [5.41, 5.74) is 14.1. The van der Waals surface area contributed by atoms with Crippen LogP contribution in [0.15, 0.2) is 158 Å². The van der Waals surface area contributed by atoms with Crippen molar-refractivity contribution in [3.8, 4) is 34.4 Å². The summed E-state index contributed by atoms with van der Waals surface area (Å²) in [5.74, 6) is 2.72. The first-order chi connectivity index (χ1) is 43.6. The topological polar surface area (TPSA) is 329 Å². The molecule has 0 atom stereocenters. The van der Waals surface area contributed by atoms with Crippen LogP contribution in [-0.4, -0.2) is 141 Å². The van der Waals surface area contributed by atoms with Crippen LogP contribution in [-0.2, 0) is 9.84 Å². The SMILES string of the molecule is CSc1nc2c(c(-c3ccc(C)o3)n1)C(=O)N(C)/C2=C\c1ccncc1.Cc1ccc(-c2nc(N)nc3c2C(=O)N(C)/C3=C\c2cc[n+](O)cc2)o1.Cc1ccc(-c2nc(S(C)(=O)=O)nc3c2C(=O)N(C)/C3=C\c2cc[n+](O)cc2)o1.O=Cc1ccncc1.[2H][B].[U]. The van der Waals surface area contributed by atoms with E-state index in [1.807, 2.05) is 50.4 Å². The van der Waals surface area contributed by atoms with E-state index in [2.05, 4.69) is 48.2 Å². The fraction of sp³-hybridized carbons (Fsp3) is 0.129. The van der Waals surface area contributed by atoms with E-state index in [0.717, 1.165) is 44.6 Å². The van der Waals surface area contributed by atoms with Gasteiger partial charge in [0.1, 0.15) is 57.7 Å². The molecule has 0 aromatic carbocycles. The normalized spacial score (nSPS) is 14.2. The van der Waals surface area contributed by atoms with E-state index >= 15 is 0 Å². The van der Waals surface area contributed by atoms with E-state index in [4.69, 9.17) is 20.3 Å². The smallest absolute Gasteiger partial charge is 0.262 e. The van der Waals surface area contributed by atoms with E-state index in [1.54, 1.807) is 131 Å². The number of nitrogens with zero attached hydrogens (tertiary/aromatic N) is 13. The second-order valence-corrected chi connectivity index (χ2v) is 22.6. The summed E-state index contributed by atoms with van der Waals surface area (Å²) in [6.45, 7) is 5.42. The summed E-state index contributed by atoms with van der Waals surface area (Å²) in [7, 11) is 4.99. The number of hydrogen-bond acceptors (Lipinski definition) is 21. The summed E-state index contributed by atoms with van der Waals surface area (Å²) in [6.07, 6.45) is 21.6. The van der Waals surface area contributed by atoms with Gasteiger partial charge in [-0.3, -0.25) is 39.6 Å². The third kappa shape index (κ3) is 14.5. The van der Waals surface area contributed by atoms with E-state index < -0.39 is 15.0 Å². The van der Waals surface area contributed by atoms with Crippen molar-refractivity contribution in [3.05, 3.63) is 208 Å². The third-order valence-corrected chi connectivity index (χ3v) is 15.0. The average molecular weight is 1490 g/mol. The number of nitrogen functional groups attached to an aromatic ring is 1. The third-order valence-electron chi connectivity index (χ3n) is 13.6. The molecule has 3 aliphatic rings. The number of furan rings is 3. The van der Waals surface area contributed by atoms with Crippen molar-refractivity contribution in [2.24, 2.45) is 0 Å². The van der Waals surface area contributed by atoms with Gasteiger partial charge in [-0.05, 0) is 124 Å². The molecule has 13 rings (SSSR count). The minimum atomic E-state index is -3.74. The Bertz CT molecular complexity index is 4630. The number of aromatic nitrogens is 10. The molecule has 4 N–H and O–H groups in total. The van der Waals surface area contributed by atoms with Gasteiger partial charge in [-0.15, -0.1) is 0 Å². The molecule has 13 heterocycles. The van der Waals surface area contributed by atoms with Crippen LogP contribution in [0.25, 0.3) is 69.7 Å². The van der Waals surface area contributed by atoms with Crippen LogP contribution in [0.1, 0.15) is 92.5 Å². The average Bonchev–Trinajstić information content (AvgIpc) is 1.61. The molecule has 0 aliphatic carbocycles. The van der Waals surface area contributed by atoms with Crippen molar-refractivity contribution in [1.82, 2.24) is 54.6 Å². The van der Waals surface area contributed by atoms with Crippen LogP contribution in [0, 0.1) is 51.9 Å². The maximum Gasteiger partial charge on any atom is 0.262 e. The van der Waals surface area contributed by atoms with Gasteiger partial charge >= 0.3 is 0 Å². The zero-order chi connectivity index (χ0) is 65.4. The molecule has 3 amide bonds. The van der Waals surface area contributed by atoms with Crippen LogP contribution in [0.2, 0.25) is 0 Å². The summed E-state index contributed by atoms with van der Waals surface area (Å²) in [5, 5.41) is 18.9. The predicted molar refractivity (Wildman–Crippen MR) is 331 cm³/mol. The Morgan fingerprint density at radius 3 is 1.20 bits per heavy atom. The van der Waals surface area contributed by atoms with Crippen molar-refractivity contribution in [3.63, 3.8) is 0 Å². The number of thioether (sulfide) groups is 1. The summed E-state index contributed by atoms with van der Waals surface area (Å²) < 4.78 is 48.4. The number of sulfone groups is 1. The van der Waals surface area contributed by atoms with Crippen molar-refractivity contribution in [2.75, 3.05) is 39.4 Å². The molecule has 0 spiro atoms. The minimum Gasteiger partial charge on any atom is -0.460 e. The van der Waals surface area contributed by atoms with Gasteiger partial charge < -0.3 is 33.7 Å². The van der Waals surface area contributed by atoms with Crippen LogP contribution in [0.3, 0.4) is 0 Å². The van der Waals surface area contributed by atoms with Gasteiger partial charge in [-0.25, -0.2) is 38.3 Å². The van der Waals surface area contributed by atoms with Gasteiger partial charge in [0.25, 0.3) is 17.7 Å². The largest absolute Gasteiger partial charge is 0.460 e. The van der Waals surface area contributed by atoms with Gasteiger partial charge in [0.15, 0.2) is 22.4 Å². The van der Waals surface area contributed by atoms with Crippen LogP contribution < -0.4 is 15.2 Å². The molecule has 0 saturated heterocycles. The number of carbonyl (C=O) groups is 4. The Labute approximate surface area is 552 Å². The van der Waals surface area contributed by atoms with Crippen molar-refractivity contribution in [1.29, 1.82) is 1.34 Å². The molecular weight excluding hydrogens is 1430 g/mol. The molecule has 25 nitrogen and oxygen atoms in total. The quantitative estimate of drug-likeness (QED) is 0.0319. The molecule has 0 saturated carbocycles. The first-order valence-electron chi connectivity index (χ1n) is 27.3. The molecule has 456 valence electrons. The number of hydrogen-bond donors (Lipinski definition) is 3. The Morgan fingerprint density at radius 1 is 0.527 bits per heavy atom. The summed E-state index contributed by atoms with van der Waals surface area (Å²) in [6, 6.07) is 24.4. The van der Waals surface area contributed by atoms with E-state index in [9.17, 15) is 38.0 Å². The Morgan fingerprint density at radius 2 is 0.846 bits per heavy atom. The molecule has 2 radical (unpaired) electrons. The van der Waals surface area contributed by atoms with E-state index in [1.165, 1.54) is 46.3 Å². The molecule has 0 unspecified atom stereocenters. The molecule has 91 heavy (non-hydrogen) atoms. The van der Waals surface area contributed by atoms with Gasteiger partial charge in [0, 0.05) is 131 Å². The van der Waals surface area contributed by atoms with Crippen molar-refractivity contribution >= 4 is 95.3 Å². The zero-order valence-electron chi connectivity index (χ0n) is 50.9. The van der Waals surface area contributed by atoms with Gasteiger partial charge in [0.05, 0.1) is 33.8 Å². The first-order valence-corrected chi connectivity index (χ1v) is 29.8. The minimum absolute atomic E-state index is 0. The molecule has 10 aromatic heterocycles. The maximum atomic E-state index is 13.0. The molecule has 29 heteroatoms. The van der Waals surface area contributed by atoms with Crippen LogP contribution in [0.5, 0.6) is 0 Å². The summed E-state index contributed by atoms with van der Waals surface area (Å²) >= 11 is 1.43. The standard InChI is InChI=1S/C19H17N4O5S.C19H16N4O2S.C18H15N5O3.C6H5NO.BH.U/c1-11-4-5-14(28-11)17-15-16(20-19(21-17)29(3,26)27)13(22(2)18(15)24)10-12-6-8-23(25)9-7-12;1-11-4-5-14(25-11)17-15-16(21-19(22-17)26-3)13(23(2)18(15)24)10-12-6-8-20-9-7-12;1-10-3-4-13(26-10)16-14-15(20-18(19)21-16)12(22(2)17(14)24)9-11-5-7-23(25)8-6-11;8-5-6-1-3-7-4-2-6;;/h4-10,25H,1-3H3;4-10H,1-3H3;3-9H,1-2H3,(H2-,19,20,21,24,25);1-5H;1H;/q+1;;;;;/p+1/b;13-10-;;;;/i;;;;1D;. The van der Waals surface area contributed by atoms with E-state index in [-0.39, 0.29) is 77.5 Å². The number of aldehydes is 1. The molecule has 10 aromatic rings. The predicted octanol–water partition coefficient (Wildman–Crippen LogP) is 7.28. The number of carbonyl (C=O) groups excluding carboxylic acids is 4. The number of anilines is 1. The van der Waals surface area contributed by atoms with Gasteiger partial charge in [-0.1, -0.05) is 11.8 Å². The van der Waals surface area contributed by atoms with E-state index in [0.29, 0.717) is 84.6 Å². The number of rotatable bonds is 9. The number of pyridine rings is 4. The first kappa shape index (κ1) is 65.2. The summed E-state index contributed by atoms with van der Waals surface area (Å²) in [4.78, 5) is 87.0. The second kappa shape index (κ2) is 28.1. The van der Waals surface area contributed by atoms with Gasteiger partial charge in [-0.2, -0.15) is 0 Å². The molecular formula is C62H55BN14O11S2U+2. The Hall–Kier alpha value is -10.2. The monoisotopic (exact) mass is 1490 g/mol. The number of fused-ring (bicyclic) bond motifs is 3. The molecule has 0 bridgehead atoms. The molecule has 0 fully saturated rings. The number of aryl methyl sites for hydroxylation is 3. The Balaban J connectivity index is 0.000000164. The fourth-order valence-corrected chi connectivity index (χ4v) is 10.1. The van der Waals surface area contributed by atoms with Crippen LogP contribution in [0.4, 0.5) is 5.95 Å². The molecule has 3 aliphatic heterocycles. The van der Waals surface area contributed by atoms with Crippen molar-refractivity contribution in [2.45, 2.75) is 31.1 Å². The van der Waals surface area contributed by atoms with Crippen molar-refractivity contribution < 1.29 is 91.8 Å². The zero-order valence-corrected chi connectivity index (χ0v) is 55.7. The van der Waals surface area contributed by atoms with Crippen LogP contribution >= 0.6 is 11.8 Å². The maximum absolute atomic E-state index is 13.0.